The number of carbonyl (C=O) groups is 1. The zero-order valence-corrected chi connectivity index (χ0v) is 12.9. The molecule has 2 aromatic rings. The van der Waals surface area contributed by atoms with Crippen molar-refractivity contribution < 1.29 is 4.79 Å². The van der Waals surface area contributed by atoms with Crippen LogP contribution >= 0.6 is 0 Å². The summed E-state index contributed by atoms with van der Waals surface area (Å²) < 4.78 is 0. The summed E-state index contributed by atoms with van der Waals surface area (Å²) in [5.74, 6) is 0.572. The van der Waals surface area contributed by atoms with Gasteiger partial charge in [-0.1, -0.05) is 12.1 Å². The van der Waals surface area contributed by atoms with Gasteiger partial charge in [-0.05, 0) is 66.1 Å². The molecule has 116 valence electrons. The molecule has 1 aromatic heterocycles. The molecule has 3 N–H and O–H groups in total. The van der Waals surface area contributed by atoms with Crippen LogP contribution < -0.4 is 11.1 Å². The average molecular weight is 305 g/mol. The smallest absolute Gasteiger partial charge is 0.257 e. The van der Waals surface area contributed by atoms with Crippen molar-refractivity contribution in [2.24, 2.45) is 5.73 Å². The van der Waals surface area contributed by atoms with Crippen LogP contribution in [0.5, 0.6) is 0 Å². The Morgan fingerprint density at radius 3 is 2.83 bits per heavy atom. The maximum absolute atomic E-state index is 12.3. The van der Waals surface area contributed by atoms with Crippen LogP contribution in [0.25, 0.3) is 11.6 Å². The summed E-state index contributed by atoms with van der Waals surface area (Å²) in [5, 5.41) is 2.83. The number of nitrogens with zero attached hydrogens (tertiary/aromatic N) is 1. The molecular weight excluding hydrogens is 286 g/mol. The van der Waals surface area contributed by atoms with Gasteiger partial charge in [0.1, 0.15) is 5.82 Å². The second kappa shape index (κ2) is 5.63. The number of amides is 1. The standard InChI is InChI=1S/C19H19N3O/c20-11-13-8-7-12(14-4-1-2-5-15(13)14)10-17-16-6-3-9-21-18(16)22-19(17)23/h3,6-10H,1-2,4-5,11,20H2,(H,21,22,23). The van der Waals surface area contributed by atoms with Gasteiger partial charge in [-0.25, -0.2) is 4.98 Å². The van der Waals surface area contributed by atoms with Crippen molar-refractivity contribution in [3.05, 3.63) is 58.3 Å². The largest absolute Gasteiger partial charge is 0.326 e. The van der Waals surface area contributed by atoms with Gasteiger partial charge in [-0.2, -0.15) is 0 Å². The highest BCUT2D eigenvalue weighted by atomic mass is 16.2. The predicted octanol–water partition coefficient (Wildman–Crippen LogP) is 2.91. The molecule has 0 saturated heterocycles. The van der Waals surface area contributed by atoms with Crippen LogP contribution in [-0.4, -0.2) is 10.9 Å². The molecule has 4 heteroatoms. The number of hydrogen-bond acceptors (Lipinski definition) is 3. The lowest BCUT2D eigenvalue weighted by Crippen LogP contribution is -2.11. The van der Waals surface area contributed by atoms with Gasteiger partial charge in [-0.15, -0.1) is 0 Å². The molecule has 1 aromatic carbocycles. The average Bonchev–Trinajstić information content (AvgIpc) is 2.91. The molecule has 0 atom stereocenters. The molecule has 0 unspecified atom stereocenters. The van der Waals surface area contributed by atoms with Crippen LogP contribution in [0, 0.1) is 0 Å². The van der Waals surface area contributed by atoms with E-state index in [-0.39, 0.29) is 5.91 Å². The van der Waals surface area contributed by atoms with Gasteiger partial charge < -0.3 is 11.1 Å². The number of fused-ring (bicyclic) bond motifs is 2. The van der Waals surface area contributed by atoms with Crippen LogP contribution in [0.15, 0.2) is 30.5 Å². The number of aromatic nitrogens is 1. The molecule has 1 aliphatic carbocycles. The van der Waals surface area contributed by atoms with Gasteiger partial charge in [0, 0.05) is 18.3 Å². The fraction of sp³-hybridized carbons (Fsp3) is 0.263. The minimum absolute atomic E-state index is 0.0776. The van der Waals surface area contributed by atoms with Gasteiger partial charge in [0.15, 0.2) is 0 Å². The topological polar surface area (TPSA) is 68.0 Å². The van der Waals surface area contributed by atoms with Gasteiger partial charge in [0.25, 0.3) is 5.91 Å². The predicted molar refractivity (Wildman–Crippen MR) is 91.7 cm³/mol. The quantitative estimate of drug-likeness (QED) is 0.838. The van der Waals surface area contributed by atoms with E-state index in [0.717, 1.165) is 24.0 Å². The van der Waals surface area contributed by atoms with Crippen molar-refractivity contribution in [3.63, 3.8) is 0 Å². The summed E-state index contributed by atoms with van der Waals surface area (Å²) in [6.07, 6.45) is 8.26. The molecule has 23 heavy (non-hydrogen) atoms. The van der Waals surface area contributed by atoms with Crippen LogP contribution in [0.2, 0.25) is 0 Å². The SMILES string of the molecule is NCc1ccc(C=C2C(=O)Nc3ncccc32)c2c1CCCC2. The Morgan fingerprint density at radius 2 is 2.00 bits per heavy atom. The van der Waals surface area contributed by atoms with Gasteiger partial charge in [0.05, 0.1) is 5.57 Å². The van der Waals surface area contributed by atoms with Crippen molar-refractivity contribution >= 4 is 23.4 Å². The van der Waals surface area contributed by atoms with Crippen molar-refractivity contribution in [3.8, 4) is 0 Å². The first-order valence-electron chi connectivity index (χ1n) is 8.10. The van der Waals surface area contributed by atoms with Crippen molar-refractivity contribution in [2.75, 3.05) is 5.32 Å². The van der Waals surface area contributed by atoms with E-state index in [0.29, 0.717) is 17.9 Å². The Morgan fingerprint density at radius 1 is 1.17 bits per heavy atom. The third-order valence-electron chi connectivity index (χ3n) is 4.76. The third-order valence-corrected chi connectivity index (χ3v) is 4.76. The Kier molecular flexibility index (Phi) is 3.46. The van der Waals surface area contributed by atoms with Crippen LogP contribution in [0.4, 0.5) is 5.82 Å². The zero-order chi connectivity index (χ0) is 15.8. The number of nitrogens with one attached hydrogen (secondary N) is 1. The van der Waals surface area contributed by atoms with Crippen LogP contribution in [0.3, 0.4) is 0 Å². The summed E-state index contributed by atoms with van der Waals surface area (Å²) in [4.78, 5) is 16.5. The highest BCUT2D eigenvalue weighted by molar-refractivity contribution is 6.34. The fourth-order valence-electron chi connectivity index (χ4n) is 3.61. The normalized spacial score (nSPS) is 17.8. The van der Waals surface area contributed by atoms with Crippen molar-refractivity contribution in [1.82, 2.24) is 4.98 Å². The summed E-state index contributed by atoms with van der Waals surface area (Å²) in [7, 11) is 0. The highest BCUT2D eigenvalue weighted by Crippen LogP contribution is 2.34. The number of benzene rings is 1. The Labute approximate surface area is 135 Å². The summed E-state index contributed by atoms with van der Waals surface area (Å²) in [5.41, 5.74) is 12.6. The number of pyridine rings is 1. The highest BCUT2D eigenvalue weighted by Gasteiger charge is 2.25. The maximum Gasteiger partial charge on any atom is 0.257 e. The van der Waals surface area contributed by atoms with Gasteiger partial charge in [-0.3, -0.25) is 4.79 Å². The van der Waals surface area contributed by atoms with E-state index in [1.54, 1.807) is 6.20 Å². The molecule has 4 nitrogen and oxygen atoms in total. The molecule has 1 aliphatic heterocycles. The molecule has 0 saturated carbocycles. The van der Waals surface area contributed by atoms with Crippen molar-refractivity contribution in [2.45, 2.75) is 32.2 Å². The lowest BCUT2D eigenvalue weighted by atomic mass is 9.84. The molecule has 0 fully saturated rings. The van der Waals surface area contributed by atoms with E-state index < -0.39 is 0 Å². The van der Waals surface area contributed by atoms with Crippen LogP contribution in [0.1, 0.15) is 40.7 Å². The van der Waals surface area contributed by atoms with E-state index >= 15 is 0 Å². The fourth-order valence-corrected chi connectivity index (χ4v) is 3.61. The lowest BCUT2D eigenvalue weighted by Gasteiger charge is -2.21. The minimum atomic E-state index is -0.0776. The number of nitrogens with two attached hydrogens (primary N) is 1. The number of hydrogen-bond donors (Lipinski definition) is 2. The monoisotopic (exact) mass is 305 g/mol. The van der Waals surface area contributed by atoms with Crippen molar-refractivity contribution in [1.29, 1.82) is 0 Å². The number of carbonyl (C=O) groups excluding carboxylic acids is 1. The molecule has 0 bridgehead atoms. The van der Waals surface area contributed by atoms with Gasteiger partial charge in [0.2, 0.25) is 0 Å². The first-order chi connectivity index (χ1) is 11.3. The summed E-state index contributed by atoms with van der Waals surface area (Å²) >= 11 is 0. The first-order valence-corrected chi connectivity index (χ1v) is 8.10. The molecule has 4 rings (SSSR count). The third kappa shape index (κ3) is 2.35. The van der Waals surface area contributed by atoms with Gasteiger partial charge >= 0.3 is 0 Å². The molecular formula is C19H19N3O. The van der Waals surface area contributed by atoms with E-state index in [1.165, 1.54) is 29.5 Å². The minimum Gasteiger partial charge on any atom is -0.326 e. The summed E-state index contributed by atoms with van der Waals surface area (Å²) in [6.45, 7) is 0.576. The Balaban J connectivity index is 1.85. The second-order valence-electron chi connectivity index (χ2n) is 6.09. The van der Waals surface area contributed by atoms with E-state index in [4.69, 9.17) is 5.73 Å². The zero-order valence-electron chi connectivity index (χ0n) is 12.9. The van der Waals surface area contributed by atoms with Crippen LogP contribution in [-0.2, 0) is 24.2 Å². The Bertz CT molecular complexity index is 823. The number of anilines is 1. The van der Waals surface area contributed by atoms with E-state index in [2.05, 4.69) is 22.4 Å². The molecule has 0 radical (unpaired) electrons. The number of rotatable bonds is 2. The lowest BCUT2D eigenvalue weighted by molar-refractivity contribution is -0.110. The van der Waals surface area contributed by atoms with E-state index in [1.807, 2.05) is 18.2 Å². The molecule has 2 aliphatic rings. The maximum atomic E-state index is 12.3. The molecule has 2 heterocycles. The summed E-state index contributed by atoms with van der Waals surface area (Å²) in [6, 6.07) is 8.00. The first kappa shape index (κ1) is 14.2. The Hall–Kier alpha value is -2.46. The molecule has 0 spiro atoms. The molecule has 1 amide bonds. The second-order valence-corrected chi connectivity index (χ2v) is 6.09. The van der Waals surface area contributed by atoms with E-state index in [9.17, 15) is 4.79 Å².